The highest BCUT2D eigenvalue weighted by atomic mass is 15.2. The molecule has 1 atom stereocenters. The minimum Gasteiger partial charge on any atom is -0.348 e. The third-order valence-electron chi connectivity index (χ3n) is 3.33. The van der Waals surface area contributed by atoms with Gasteiger partial charge in [-0.25, -0.2) is 4.98 Å². The standard InChI is InChI=1S/C12H21N3/c1-12(2,3)15-6-4-5-10(8-15)11-7-13-9-14-11/h7,9-10H,4-6,8H2,1-3H3,(H,13,14)/t10-/m0/s1. The summed E-state index contributed by atoms with van der Waals surface area (Å²) < 4.78 is 0. The Bertz CT molecular complexity index is 297. The van der Waals surface area contributed by atoms with Gasteiger partial charge in [-0.15, -0.1) is 0 Å². The van der Waals surface area contributed by atoms with E-state index in [9.17, 15) is 0 Å². The second-order valence-corrected chi connectivity index (χ2v) is 5.46. The molecule has 2 heterocycles. The lowest BCUT2D eigenvalue weighted by Crippen LogP contribution is -2.46. The van der Waals surface area contributed by atoms with Crippen LogP contribution in [0.2, 0.25) is 0 Å². The summed E-state index contributed by atoms with van der Waals surface area (Å²) in [5.74, 6) is 0.639. The maximum Gasteiger partial charge on any atom is 0.0921 e. The maximum absolute atomic E-state index is 4.11. The number of hydrogen-bond acceptors (Lipinski definition) is 2. The van der Waals surface area contributed by atoms with Crippen molar-refractivity contribution in [2.45, 2.75) is 45.1 Å². The molecule has 1 aliphatic rings. The fourth-order valence-corrected chi connectivity index (χ4v) is 2.33. The monoisotopic (exact) mass is 207 g/mol. The van der Waals surface area contributed by atoms with Crippen LogP contribution in [0.4, 0.5) is 0 Å². The van der Waals surface area contributed by atoms with Crippen LogP contribution < -0.4 is 0 Å². The van der Waals surface area contributed by atoms with Gasteiger partial charge in [0.05, 0.1) is 6.33 Å². The summed E-state index contributed by atoms with van der Waals surface area (Å²) in [6.45, 7) is 9.27. The highest BCUT2D eigenvalue weighted by molar-refractivity contribution is 5.06. The van der Waals surface area contributed by atoms with Gasteiger partial charge in [0, 0.05) is 29.9 Å². The molecule has 0 aromatic carbocycles. The molecule has 0 bridgehead atoms. The van der Waals surface area contributed by atoms with Crippen LogP contribution in [0.3, 0.4) is 0 Å². The molecule has 3 heteroatoms. The predicted octanol–water partition coefficient (Wildman–Crippen LogP) is 2.39. The van der Waals surface area contributed by atoms with Gasteiger partial charge in [-0.05, 0) is 40.2 Å². The van der Waals surface area contributed by atoms with Crippen molar-refractivity contribution >= 4 is 0 Å². The SMILES string of the molecule is CC(C)(C)N1CCC[C@H](c2cnc[nH]2)C1. The minimum atomic E-state index is 0.290. The molecular formula is C12H21N3. The summed E-state index contributed by atoms with van der Waals surface area (Å²) in [7, 11) is 0. The summed E-state index contributed by atoms with van der Waals surface area (Å²) >= 11 is 0. The number of aromatic nitrogens is 2. The molecule has 0 radical (unpaired) electrons. The van der Waals surface area contributed by atoms with Gasteiger partial charge in [-0.3, -0.25) is 4.90 Å². The number of H-pyrrole nitrogens is 1. The first kappa shape index (κ1) is 10.7. The molecule has 0 unspecified atom stereocenters. The van der Waals surface area contributed by atoms with Crippen molar-refractivity contribution in [3.63, 3.8) is 0 Å². The predicted molar refractivity (Wildman–Crippen MR) is 61.9 cm³/mol. The normalized spacial score (nSPS) is 24.3. The van der Waals surface area contributed by atoms with E-state index in [4.69, 9.17) is 0 Å². The van der Waals surface area contributed by atoms with Gasteiger partial charge < -0.3 is 4.98 Å². The van der Waals surface area contributed by atoms with Gasteiger partial charge in [0.25, 0.3) is 0 Å². The average molecular weight is 207 g/mol. The van der Waals surface area contributed by atoms with Gasteiger partial charge >= 0.3 is 0 Å². The van der Waals surface area contributed by atoms with Crippen LogP contribution in [0.15, 0.2) is 12.5 Å². The molecule has 0 aliphatic carbocycles. The molecule has 84 valence electrons. The van der Waals surface area contributed by atoms with Crippen molar-refractivity contribution < 1.29 is 0 Å². The van der Waals surface area contributed by atoms with E-state index in [1.54, 1.807) is 6.33 Å². The number of aromatic amines is 1. The van der Waals surface area contributed by atoms with Gasteiger partial charge in [0.2, 0.25) is 0 Å². The van der Waals surface area contributed by atoms with Gasteiger partial charge in [-0.2, -0.15) is 0 Å². The zero-order chi connectivity index (χ0) is 10.9. The number of rotatable bonds is 1. The van der Waals surface area contributed by atoms with Crippen LogP contribution >= 0.6 is 0 Å². The molecule has 0 saturated carbocycles. The van der Waals surface area contributed by atoms with Crippen LogP contribution in [0.25, 0.3) is 0 Å². The Labute approximate surface area is 91.9 Å². The number of nitrogens with zero attached hydrogens (tertiary/aromatic N) is 2. The zero-order valence-corrected chi connectivity index (χ0v) is 9.95. The number of likely N-dealkylation sites (tertiary alicyclic amines) is 1. The molecule has 2 rings (SSSR count). The smallest absolute Gasteiger partial charge is 0.0921 e. The van der Waals surface area contributed by atoms with Gasteiger partial charge in [0.15, 0.2) is 0 Å². The first-order valence-corrected chi connectivity index (χ1v) is 5.80. The number of piperidine rings is 1. The fourth-order valence-electron chi connectivity index (χ4n) is 2.33. The summed E-state index contributed by atoms with van der Waals surface area (Å²) in [6.07, 6.45) is 6.33. The summed E-state index contributed by atoms with van der Waals surface area (Å²) in [5, 5.41) is 0. The van der Waals surface area contributed by atoms with E-state index < -0.39 is 0 Å². The largest absolute Gasteiger partial charge is 0.348 e. The van der Waals surface area contributed by atoms with Crippen LogP contribution in [0.5, 0.6) is 0 Å². The van der Waals surface area contributed by atoms with Crippen molar-refractivity contribution in [1.82, 2.24) is 14.9 Å². The first-order chi connectivity index (χ1) is 7.07. The fraction of sp³-hybridized carbons (Fsp3) is 0.750. The zero-order valence-electron chi connectivity index (χ0n) is 9.95. The van der Waals surface area contributed by atoms with Crippen LogP contribution in [0, 0.1) is 0 Å². The second kappa shape index (κ2) is 3.97. The third kappa shape index (κ3) is 2.40. The third-order valence-corrected chi connectivity index (χ3v) is 3.33. The number of nitrogens with one attached hydrogen (secondary N) is 1. The van der Waals surface area contributed by atoms with Crippen molar-refractivity contribution in [3.8, 4) is 0 Å². The Kier molecular flexibility index (Phi) is 2.83. The van der Waals surface area contributed by atoms with Crippen molar-refractivity contribution in [3.05, 3.63) is 18.2 Å². The summed E-state index contributed by atoms with van der Waals surface area (Å²) in [6, 6.07) is 0. The van der Waals surface area contributed by atoms with Crippen LogP contribution in [-0.2, 0) is 0 Å². The van der Waals surface area contributed by atoms with E-state index in [2.05, 4.69) is 35.6 Å². The molecule has 1 aliphatic heterocycles. The van der Waals surface area contributed by atoms with Crippen molar-refractivity contribution in [2.24, 2.45) is 0 Å². The lowest BCUT2D eigenvalue weighted by atomic mass is 9.91. The molecular weight excluding hydrogens is 186 g/mol. The Morgan fingerprint density at radius 2 is 2.27 bits per heavy atom. The molecule has 3 nitrogen and oxygen atoms in total. The molecule has 1 aromatic rings. The molecule has 15 heavy (non-hydrogen) atoms. The van der Waals surface area contributed by atoms with Crippen LogP contribution in [-0.4, -0.2) is 33.5 Å². The average Bonchev–Trinajstić information content (AvgIpc) is 2.69. The lowest BCUT2D eigenvalue weighted by molar-refractivity contribution is 0.0979. The summed E-state index contributed by atoms with van der Waals surface area (Å²) in [4.78, 5) is 9.92. The quantitative estimate of drug-likeness (QED) is 0.766. The Morgan fingerprint density at radius 1 is 1.47 bits per heavy atom. The van der Waals surface area contributed by atoms with E-state index in [0.717, 1.165) is 6.54 Å². The molecule has 0 amide bonds. The lowest BCUT2D eigenvalue weighted by Gasteiger charge is -2.41. The Hall–Kier alpha value is -0.830. The second-order valence-electron chi connectivity index (χ2n) is 5.46. The van der Waals surface area contributed by atoms with Gasteiger partial charge in [-0.1, -0.05) is 0 Å². The van der Waals surface area contributed by atoms with E-state index >= 15 is 0 Å². The highest BCUT2D eigenvalue weighted by Crippen LogP contribution is 2.29. The Balaban J connectivity index is 2.05. The van der Waals surface area contributed by atoms with E-state index in [0.29, 0.717) is 11.5 Å². The molecule has 0 spiro atoms. The van der Waals surface area contributed by atoms with Crippen molar-refractivity contribution in [1.29, 1.82) is 0 Å². The first-order valence-electron chi connectivity index (χ1n) is 5.80. The Morgan fingerprint density at radius 3 is 2.87 bits per heavy atom. The number of hydrogen-bond donors (Lipinski definition) is 1. The van der Waals surface area contributed by atoms with Crippen LogP contribution in [0.1, 0.15) is 45.2 Å². The van der Waals surface area contributed by atoms with E-state index in [-0.39, 0.29) is 0 Å². The van der Waals surface area contributed by atoms with E-state index in [1.807, 2.05) is 6.20 Å². The topological polar surface area (TPSA) is 31.9 Å². The molecule has 1 fully saturated rings. The van der Waals surface area contributed by atoms with Gasteiger partial charge in [0.1, 0.15) is 0 Å². The maximum atomic E-state index is 4.11. The highest BCUT2D eigenvalue weighted by Gasteiger charge is 2.28. The molecule has 1 aromatic heterocycles. The molecule has 1 saturated heterocycles. The minimum absolute atomic E-state index is 0.290. The molecule has 1 N–H and O–H groups in total. The number of imidazole rings is 1. The van der Waals surface area contributed by atoms with E-state index in [1.165, 1.54) is 25.1 Å². The summed E-state index contributed by atoms with van der Waals surface area (Å²) in [5.41, 5.74) is 1.59. The van der Waals surface area contributed by atoms with Crippen molar-refractivity contribution in [2.75, 3.05) is 13.1 Å².